The number of ether oxygens (including phenoxy) is 2. The zero-order valence-corrected chi connectivity index (χ0v) is 29.1. The Morgan fingerprint density at radius 1 is 0.488 bits per heavy atom. The van der Waals surface area contributed by atoms with Crippen molar-refractivity contribution in [3.8, 4) is 0 Å². The molecule has 0 atom stereocenters. The van der Waals surface area contributed by atoms with Crippen LogP contribution in [0.5, 0.6) is 0 Å². The predicted molar refractivity (Wildman–Crippen MR) is 162 cm³/mol. The number of carboxylic acids is 2. The number of carbonyl (C=O) groups is 4. The number of hydrogen-bond donors (Lipinski definition) is 0. The SMILES string of the molecule is CCCCCCOC(=O)/C=C\C(=O)[O-].CCCCCCOC(=O)/C=C\C(=O)[O-].CCCCC[CH2][Sn+2][CH2]CCCCC. The van der Waals surface area contributed by atoms with Crippen molar-refractivity contribution in [3.05, 3.63) is 24.3 Å². The Bertz CT molecular complexity index is 621. The molecule has 0 bridgehead atoms. The van der Waals surface area contributed by atoms with E-state index in [0.717, 1.165) is 63.5 Å². The molecule has 41 heavy (non-hydrogen) atoms. The maximum atomic E-state index is 10.8. The molecule has 0 saturated heterocycles. The van der Waals surface area contributed by atoms with Crippen LogP contribution in [0.15, 0.2) is 24.3 Å². The van der Waals surface area contributed by atoms with E-state index in [1.165, 1.54) is 38.5 Å². The summed E-state index contributed by atoms with van der Waals surface area (Å²) in [5.74, 6) is -4.06. The molecular weight excluding hydrogens is 631 g/mol. The zero-order valence-electron chi connectivity index (χ0n) is 26.2. The Hall–Kier alpha value is -1.84. The fourth-order valence-corrected chi connectivity index (χ4v) is 6.82. The van der Waals surface area contributed by atoms with Gasteiger partial charge in [0, 0.05) is 12.2 Å². The van der Waals surface area contributed by atoms with Crippen molar-refractivity contribution in [1.82, 2.24) is 0 Å². The first-order valence-corrected chi connectivity index (χ1v) is 19.6. The second kappa shape index (κ2) is 38.2. The van der Waals surface area contributed by atoms with Gasteiger partial charge >= 0.3 is 107 Å². The van der Waals surface area contributed by atoms with Crippen molar-refractivity contribution in [1.29, 1.82) is 0 Å². The average molecular weight is 688 g/mol. The van der Waals surface area contributed by atoms with Crippen molar-refractivity contribution in [2.75, 3.05) is 13.2 Å². The maximum absolute atomic E-state index is 10.8. The molecule has 0 aliphatic rings. The molecule has 0 aliphatic carbocycles. The number of esters is 2. The predicted octanol–water partition coefficient (Wildman–Crippen LogP) is 5.52. The van der Waals surface area contributed by atoms with Crippen LogP contribution in [0.25, 0.3) is 0 Å². The standard InChI is InChI=1S/2C10H16O4.2C6H13.Sn/c2*1-2-3-4-5-8-14-10(13)7-6-9(11)12;2*1-3-5-6-4-2;/h2*6-7H,2-5,8H2,1H3,(H,11,12);2*1,3-6H2,2H3;/q;;;;+2/p-2/b2*7-6-;;;. The zero-order chi connectivity index (χ0) is 31.4. The van der Waals surface area contributed by atoms with Gasteiger partial charge in [0.15, 0.2) is 0 Å². The van der Waals surface area contributed by atoms with E-state index in [4.69, 9.17) is 9.47 Å². The molecule has 0 aromatic rings. The van der Waals surface area contributed by atoms with Crippen molar-refractivity contribution in [2.24, 2.45) is 0 Å². The van der Waals surface area contributed by atoms with Crippen LogP contribution in [-0.2, 0) is 28.7 Å². The summed E-state index contributed by atoms with van der Waals surface area (Å²) in [6.07, 6.45) is 23.0. The van der Waals surface area contributed by atoms with Crippen molar-refractivity contribution in [3.63, 3.8) is 0 Å². The van der Waals surface area contributed by atoms with Gasteiger partial charge in [0.1, 0.15) is 0 Å². The molecule has 0 radical (unpaired) electrons. The van der Waals surface area contributed by atoms with Crippen LogP contribution in [0.2, 0.25) is 8.87 Å². The molecule has 0 N–H and O–H groups in total. The average Bonchev–Trinajstić information content (AvgIpc) is 2.94. The molecular formula is C32H56O8Sn. The van der Waals surface area contributed by atoms with Crippen LogP contribution in [0, 0.1) is 0 Å². The molecule has 236 valence electrons. The molecule has 0 fully saturated rings. The Morgan fingerprint density at radius 3 is 1.10 bits per heavy atom. The van der Waals surface area contributed by atoms with Gasteiger partial charge in [-0.05, 0) is 25.0 Å². The van der Waals surface area contributed by atoms with E-state index < -0.39 is 23.9 Å². The molecule has 0 aromatic heterocycles. The molecule has 0 unspecified atom stereocenters. The van der Waals surface area contributed by atoms with Gasteiger partial charge in [-0.25, -0.2) is 9.59 Å². The number of aliphatic carboxylic acids is 2. The van der Waals surface area contributed by atoms with Crippen LogP contribution in [0.3, 0.4) is 0 Å². The van der Waals surface area contributed by atoms with E-state index in [2.05, 4.69) is 27.7 Å². The van der Waals surface area contributed by atoms with Gasteiger partial charge in [-0.3, -0.25) is 0 Å². The third-order valence-corrected chi connectivity index (χ3v) is 9.65. The Kier molecular flexibility index (Phi) is 40.6. The molecule has 0 amide bonds. The Morgan fingerprint density at radius 2 is 0.805 bits per heavy atom. The molecule has 0 heterocycles. The van der Waals surface area contributed by atoms with E-state index in [-0.39, 0.29) is 21.1 Å². The fraction of sp³-hybridized carbons (Fsp3) is 0.750. The van der Waals surface area contributed by atoms with E-state index >= 15 is 0 Å². The van der Waals surface area contributed by atoms with Gasteiger partial charge in [0.05, 0.1) is 25.2 Å². The van der Waals surface area contributed by atoms with E-state index in [0.29, 0.717) is 25.4 Å². The number of carbonyl (C=O) groups excluding carboxylic acids is 4. The Labute approximate surface area is 259 Å². The Balaban J connectivity index is -0.000000529. The van der Waals surface area contributed by atoms with Crippen molar-refractivity contribution < 1.29 is 38.9 Å². The fourth-order valence-electron chi connectivity index (χ4n) is 3.25. The molecule has 0 aliphatic heterocycles. The third kappa shape index (κ3) is 48.2. The summed E-state index contributed by atoms with van der Waals surface area (Å²) in [4.78, 5) is 41.4. The molecule has 8 nitrogen and oxygen atoms in total. The first-order valence-electron chi connectivity index (χ1n) is 15.6. The van der Waals surface area contributed by atoms with E-state index in [1.54, 1.807) is 21.7 Å². The minimum atomic E-state index is -1.40. The van der Waals surface area contributed by atoms with Gasteiger partial charge in [-0.15, -0.1) is 0 Å². The number of carboxylic acid groups (broad SMARTS) is 2. The summed E-state index contributed by atoms with van der Waals surface area (Å²) in [5.41, 5.74) is 0. The summed E-state index contributed by atoms with van der Waals surface area (Å²) in [7, 11) is 0. The molecule has 9 heteroatoms. The van der Waals surface area contributed by atoms with Crippen LogP contribution in [0.1, 0.15) is 130 Å². The molecule has 0 saturated carbocycles. The van der Waals surface area contributed by atoms with Gasteiger partial charge in [-0.2, -0.15) is 0 Å². The summed E-state index contributed by atoms with van der Waals surface area (Å²) in [6, 6.07) is 0. The number of rotatable bonds is 24. The van der Waals surface area contributed by atoms with Gasteiger partial charge in [0.25, 0.3) is 0 Å². The topological polar surface area (TPSA) is 133 Å². The number of unbranched alkanes of at least 4 members (excludes halogenated alkanes) is 12. The molecule has 0 rings (SSSR count). The third-order valence-electron chi connectivity index (χ3n) is 5.61. The second-order valence-electron chi connectivity index (χ2n) is 9.63. The van der Waals surface area contributed by atoms with Crippen LogP contribution in [0.4, 0.5) is 0 Å². The van der Waals surface area contributed by atoms with Crippen molar-refractivity contribution in [2.45, 2.75) is 139 Å². The quantitative estimate of drug-likeness (QED) is 0.0561. The monoisotopic (exact) mass is 688 g/mol. The van der Waals surface area contributed by atoms with E-state index in [9.17, 15) is 29.4 Å². The first kappa shape index (κ1) is 43.6. The normalized spacial score (nSPS) is 10.2. The number of hydrogen-bond acceptors (Lipinski definition) is 8. The van der Waals surface area contributed by atoms with E-state index in [1.807, 2.05) is 0 Å². The van der Waals surface area contributed by atoms with Crippen LogP contribution < -0.4 is 10.2 Å². The van der Waals surface area contributed by atoms with Gasteiger partial charge < -0.3 is 29.3 Å². The minimum absolute atomic E-state index is 0.104. The summed E-state index contributed by atoms with van der Waals surface area (Å²) in [6.45, 7) is 9.46. The second-order valence-corrected chi connectivity index (χ2v) is 13.9. The van der Waals surface area contributed by atoms with Gasteiger partial charge in [0.2, 0.25) is 0 Å². The summed E-state index contributed by atoms with van der Waals surface area (Å²) >= 11 is 0.104. The first-order chi connectivity index (χ1) is 19.7. The van der Waals surface area contributed by atoms with Crippen molar-refractivity contribution >= 4 is 45.0 Å². The molecule has 0 spiro atoms. The molecule has 0 aromatic carbocycles. The summed E-state index contributed by atoms with van der Waals surface area (Å²) in [5, 5.41) is 19.8. The van der Waals surface area contributed by atoms with Crippen LogP contribution in [-0.4, -0.2) is 58.2 Å². The van der Waals surface area contributed by atoms with Gasteiger partial charge in [-0.1, -0.05) is 52.4 Å². The van der Waals surface area contributed by atoms with Crippen LogP contribution >= 0.6 is 0 Å². The summed E-state index contributed by atoms with van der Waals surface area (Å²) < 4.78 is 12.7.